The van der Waals surface area contributed by atoms with E-state index in [-0.39, 0.29) is 19.1 Å². The lowest BCUT2D eigenvalue weighted by molar-refractivity contribution is 0.359. The first-order valence-electron chi connectivity index (χ1n) is 5.47. The fourth-order valence-corrected chi connectivity index (χ4v) is 3.29. The molecule has 4 nitrogen and oxygen atoms in total. The Morgan fingerprint density at radius 2 is 1.94 bits per heavy atom. The summed E-state index contributed by atoms with van der Waals surface area (Å²) in [5, 5.41) is 0. The average molecular weight is 278 g/mol. The summed E-state index contributed by atoms with van der Waals surface area (Å²) in [5.41, 5.74) is 5.34. The van der Waals surface area contributed by atoms with E-state index in [0.717, 1.165) is 16.4 Å². The summed E-state index contributed by atoms with van der Waals surface area (Å²) in [6, 6.07) is 2.03. The Balaban J connectivity index is 3.26. The number of hydrogen-bond donors (Lipinski definition) is 1. The first-order chi connectivity index (χ1) is 8.30. The second-order valence-electron chi connectivity index (χ2n) is 4.07. The molecule has 0 saturated heterocycles. The first kappa shape index (κ1) is 15.0. The summed E-state index contributed by atoms with van der Waals surface area (Å²) >= 11 is 0. The van der Waals surface area contributed by atoms with E-state index < -0.39 is 26.6 Å². The smallest absolute Gasteiger partial charge is 0.246 e. The van der Waals surface area contributed by atoms with Gasteiger partial charge in [-0.05, 0) is 26.0 Å². The molecule has 18 heavy (non-hydrogen) atoms. The standard InChI is InChI=1S/C11H16F2N2O2S/c1-8(2)15(6-5-14)18(16,17)11-4-3-9(12)7-10(11)13/h3-4,7-8H,5-6,14H2,1-2H3. The Morgan fingerprint density at radius 3 is 2.39 bits per heavy atom. The van der Waals surface area contributed by atoms with Gasteiger partial charge in [-0.25, -0.2) is 17.2 Å². The molecule has 0 saturated carbocycles. The van der Waals surface area contributed by atoms with Crippen LogP contribution >= 0.6 is 0 Å². The first-order valence-corrected chi connectivity index (χ1v) is 6.91. The SMILES string of the molecule is CC(C)N(CCN)S(=O)(=O)c1ccc(F)cc1F. The number of nitrogens with zero attached hydrogens (tertiary/aromatic N) is 1. The number of benzene rings is 1. The number of halogens is 2. The molecule has 0 fully saturated rings. The van der Waals surface area contributed by atoms with Crippen molar-refractivity contribution in [1.29, 1.82) is 0 Å². The molecule has 1 aromatic carbocycles. The van der Waals surface area contributed by atoms with E-state index >= 15 is 0 Å². The van der Waals surface area contributed by atoms with Crippen molar-refractivity contribution in [1.82, 2.24) is 4.31 Å². The third-order valence-electron chi connectivity index (χ3n) is 2.41. The lowest BCUT2D eigenvalue weighted by Gasteiger charge is -2.25. The van der Waals surface area contributed by atoms with Gasteiger partial charge in [-0.3, -0.25) is 0 Å². The predicted octanol–water partition coefficient (Wildman–Crippen LogP) is 1.32. The fourth-order valence-electron chi connectivity index (χ4n) is 1.59. The zero-order valence-electron chi connectivity index (χ0n) is 10.2. The van der Waals surface area contributed by atoms with Gasteiger partial charge < -0.3 is 5.73 Å². The normalized spacial score (nSPS) is 12.4. The molecular weight excluding hydrogens is 262 g/mol. The molecule has 0 spiro atoms. The van der Waals surface area contributed by atoms with Crippen molar-refractivity contribution in [3.05, 3.63) is 29.8 Å². The van der Waals surface area contributed by atoms with Crippen LogP contribution in [0.15, 0.2) is 23.1 Å². The highest BCUT2D eigenvalue weighted by atomic mass is 32.2. The monoisotopic (exact) mass is 278 g/mol. The van der Waals surface area contributed by atoms with Gasteiger partial charge in [0.1, 0.15) is 16.5 Å². The summed E-state index contributed by atoms with van der Waals surface area (Å²) < 4.78 is 51.8. The molecule has 0 amide bonds. The lowest BCUT2D eigenvalue weighted by Crippen LogP contribution is -2.40. The van der Waals surface area contributed by atoms with Crippen LogP contribution in [0.2, 0.25) is 0 Å². The van der Waals surface area contributed by atoms with Crippen molar-refractivity contribution in [2.24, 2.45) is 5.73 Å². The molecular formula is C11H16F2N2O2S. The van der Waals surface area contributed by atoms with Crippen LogP contribution in [0.4, 0.5) is 8.78 Å². The molecule has 2 N–H and O–H groups in total. The molecule has 0 radical (unpaired) electrons. The maximum absolute atomic E-state index is 13.5. The second-order valence-corrected chi connectivity index (χ2v) is 5.93. The highest BCUT2D eigenvalue weighted by Crippen LogP contribution is 2.21. The largest absolute Gasteiger partial charge is 0.329 e. The Hall–Kier alpha value is -1.05. The van der Waals surface area contributed by atoms with E-state index in [2.05, 4.69) is 0 Å². The molecule has 0 aliphatic rings. The summed E-state index contributed by atoms with van der Waals surface area (Å²) in [4.78, 5) is -0.536. The van der Waals surface area contributed by atoms with Gasteiger partial charge in [0.2, 0.25) is 10.0 Å². The topological polar surface area (TPSA) is 63.4 Å². The van der Waals surface area contributed by atoms with E-state index in [4.69, 9.17) is 5.73 Å². The third kappa shape index (κ3) is 3.04. The highest BCUT2D eigenvalue weighted by molar-refractivity contribution is 7.89. The van der Waals surface area contributed by atoms with E-state index in [0.29, 0.717) is 6.07 Å². The minimum absolute atomic E-state index is 0.0802. The van der Waals surface area contributed by atoms with Crippen LogP contribution in [0, 0.1) is 11.6 Å². The lowest BCUT2D eigenvalue weighted by atomic mass is 10.3. The van der Waals surface area contributed by atoms with E-state index in [9.17, 15) is 17.2 Å². The van der Waals surface area contributed by atoms with Crippen LogP contribution in [0.5, 0.6) is 0 Å². The molecule has 1 rings (SSSR count). The van der Waals surface area contributed by atoms with Gasteiger partial charge in [0.15, 0.2) is 0 Å². The van der Waals surface area contributed by atoms with E-state index in [1.807, 2.05) is 0 Å². The molecule has 0 unspecified atom stereocenters. The molecule has 0 aliphatic carbocycles. The van der Waals surface area contributed by atoms with Crippen molar-refractivity contribution in [2.75, 3.05) is 13.1 Å². The van der Waals surface area contributed by atoms with Gasteiger partial charge in [-0.15, -0.1) is 0 Å². The Kier molecular flexibility index (Phi) is 4.78. The minimum Gasteiger partial charge on any atom is -0.329 e. The maximum atomic E-state index is 13.5. The van der Waals surface area contributed by atoms with Crippen molar-refractivity contribution < 1.29 is 17.2 Å². The highest BCUT2D eigenvalue weighted by Gasteiger charge is 2.29. The van der Waals surface area contributed by atoms with Crippen LogP contribution in [-0.2, 0) is 10.0 Å². The Morgan fingerprint density at radius 1 is 1.33 bits per heavy atom. The zero-order chi connectivity index (χ0) is 13.9. The number of sulfonamides is 1. The minimum atomic E-state index is -4.00. The van der Waals surface area contributed by atoms with Gasteiger partial charge in [-0.2, -0.15) is 4.31 Å². The maximum Gasteiger partial charge on any atom is 0.246 e. The van der Waals surface area contributed by atoms with Crippen LogP contribution in [0.3, 0.4) is 0 Å². The summed E-state index contributed by atoms with van der Waals surface area (Å²) in [6.07, 6.45) is 0. The predicted molar refractivity (Wildman–Crippen MR) is 64.4 cm³/mol. The molecule has 7 heteroatoms. The van der Waals surface area contributed by atoms with E-state index in [1.54, 1.807) is 13.8 Å². The Labute approximate surface area is 105 Å². The second kappa shape index (κ2) is 5.73. The van der Waals surface area contributed by atoms with Crippen molar-refractivity contribution in [3.8, 4) is 0 Å². The van der Waals surface area contributed by atoms with Crippen molar-refractivity contribution in [3.63, 3.8) is 0 Å². The number of nitrogens with two attached hydrogens (primary N) is 1. The molecule has 0 bridgehead atoms. The molecule has 1 aromatic rings. The number of rotatable bonds is 5. The van der Waals surface area contributed by atoms with Crippen LogP contribution in [0.1, 0.15) is 13.8 Å². The molecule has 102 valence electrons. The van der Waals surface area contributed by atoms with Crippen LogP contribution in [-0.4, -0.2) is 31.9 Å². The van der Waals surface area contributed by atoms with Crippen LogP contribution < -0.4 is 5.73 Å². The summed E-state index contributed by atoms with van der Waals surface area (Å²) in [6.45, 7) is 3.53. The van der Waals surface area contributed by atoms with Gasteiger partial charge in [-0.1, -0.05) is 0 Å². The fraction of sp³-hybridized carbons (Fsp3) is 0.455. The van der Waals surface area contributed by atoms with Gasteiger partial charge in [0.05, 0.1) is 0 Å². The van der Waals surface area contributed by atoms with Crippen LogP contribution in [0.25, 0.3) is 0 Å². The molecule has 0 heterocycles. The van der Waals surface area contributed by atoms with Crippen molar-refractivity contribution in [2.45, 2.75) is 24.8 Å². The van der Waals surface area contributed by atoms with Crippen molar-refractivity contribution >= 4 is 10.0 Å². The van der Waals surface area contributed by atoms with Gasteiger partial charge in [0, 0.05) is 25.2 Å². The molecule has 0 aromatic heterocycles. The van der Waals surface area contributed by atoms with E-state index in [1.165, 1.54) is 0 Å². The average Bonchev–Trinajstić information content (AvgIpc) is 2.24. The third-order valence-corrected chi connectivity index (χ3v) is 4.51. The number of hydrogen-bond acceptors (Lipinski definition) is 3. The van der Waals surface area contributed by atoms with Gasteiger partial charge >= 0.3 is 0 Å². The summed E-state index contributed by atoms with van der Waals surface area (Å²) in [7, 11) is -4.00. The quantitative estimate of drug-likeness (QED) is 0.883. The summed E-state index contributed by atoms with van der Waals surface area (Å²) in [5.74, 6) is -1.92. The zero-order valence-corrected chi connectivity index (χ0v) is 11.0. The van der Waals surface area contributed by atoms with Gasteiger partial charge in [0.25, 0.3) is 0 Å². The molecule has 0 aliphatic heterocycles. The molecule has 0 atom stereocenters. The Bertz CT molecular complexity index is 518.